The smallest absolute Gasteiger partial charge is 0.229 e. The number of hydrogen-bond donors (Lipinski definition) is 2. The molecular weight excluding hydrogens is 414 g/mol. The molecule has 2 N–H and O–H groups in total. The third-order valence-electron chi connectivity index (χ3n) is 6.03. The van der Waals surface area contributed by atoms with E-state index in [4.69, 9.17) is 4.74 Å². The van der Waals surface area contributed by atoms with Gasteiger partial charge in [0, 0.05) is 36.1 Å². The third kappa shape index (κ3) is 5.00. The lowest BCUT2D eigenvalue weighted by Crippen LogP contribution is -2.28. The van der Waals surface area contributed by atoms with Gasteiger partial charge >= 0.3 is 0 Å². The Labute approximate surface area is 194 Å². The number of ether oxygens (including phenoxy) is 1. The molecule has 2 amide bonds. The number of methoxy groups -OCH3 is 1. The van der Waals surface area contributed by atoms with Crippen LogP contribution in [0.2, 0.25) is 0 Å². The molecular formula is C27H29N3O3. The number of nitrogens with zero attached hydrogens (tertiary/aromatic N) is 1. The zero-order chi connectivity index (χ0) is 23.4. The van der Waals surface area contributed by atoms with Gasteiger partial charge in [-0.05, 0) is 60.9 Å². The van der Waals surface area contributed by atoms with Crippen LogP contribution in [0.3, 0.4) is 0 Å². The topological polar surface area (TPSA) is 70.7 Å². The van der Waals surface area contributed by atoms with Crippen molar-refractivity contribution in [1.29, 1.82) is 0 Å². The molecule has 0 bridgehead atoms. The standard InChI is InChI=1S/C27H29N3O3/c1-4-19-7-5-6-8-24(19)28-21-10-12-22(13-11-21)29-27(32)20-15-26(31)30(17-20)25-16-23(33-3)14-9-18(25)2/h5-14,16,20,28H,4,15,17H2,1-3H3,(H,29,32). The van der Waals surface area contributed by atoms with E-state index in [0.717, 1.165) is 29.0 Å². The first-order valence-electron chi connectivity index (χ1n) is 11.2. The molecule has 0 aliphatic carbocycles. The minimum absolute atomic E-state index is 0.0550. The summed E-state index contributed by atoms with van der Waals surface area (Å²) in [5.74, 6) is 0.0768. The van der Waals surface area contributed by atoms with E-state index < -0.39 is 5.92 Å². The summed E-state index contributed by atoms with van der Waals surface area (Å²) in [5, 5.41) is 6.39. The molecule has 1 atom stereocenters. The summed E-state index contributed by atoms with van der Waals surface area (Å²) >= 11 is 0. The van der Waals surface area contributed by atoms with Crippen LogP contribution in [0.15, 0.2) is 66.7 Å². The molecule has 170 valence electrons. The summed E-state index contributed by atoms with van der Waals surface area (Å²) in [6.45, 7) is 4.43. The van der Waals surface area contributed by atoms with Crippen LogP contribution in [0.25, 0.3) is 0 Å². The molecule has 1 heterocycles. The van der Waals surface area contributed by atoms with E-state index in [1.807, 2.05) is 61.5 Å². The van der Waals surface area contributed by atoms with Crippen molar-refractivity contribution in [3.63, 3.8) is 0 Å². The highest BCUT2D eigenvalue weighted by atomic mass is 16.5. The molecule has 33 heavy (non-hydrogen) atoms. The number of aryl methyl sites for hydroxylation is 2. The van der Waals surface area contributed by atoms with Gasteiger partial charge in [-0.15, -0.1) is 0 Å². The molecule has 3 aromatic rings. The average molecular weight is 444 g/mol. The summed E-state index contributed by atoms with van der Waals surface area (Å²) in [6, 6.07) is 21.5. The number of nitrogens with one attached hydrogen (secondary N) is 2. The van der Waals surface area contributed by atoms with Gasteiger partial charge in [-0.3, -0.25) is 9.59 Å². The Hall–Kier alpha value is -3.80. The van der Waals surface area contributed by atoms with Crippen LogP contribution in [0.5, 0.6) is 5.75 Å². The number of hydrogen-bond acceptors (Lipinski definition) is 4. The molecule has 6 nitrogen and oxygen atoms in total. The summed E-state index contributed by atoms with van der Waals surface area (Å²) in [5.41, 5.74) is 5.74. The van der Waals surface area contributed by atoms with Gasteiger partial charge in [0.2, 0.25) is 11.8 Å². The Morgan fingerprint density at radius 2 is 1.79 bits per heavy atom. The van der Waals surface area contributed by atoms with Crippen molar-refractivity contribution < 1.29 is 14.3 Å². The van der Waals surface area contributed by atoms with Gasteiger partial charge in [0.1, 0.15) is 5.75 Å². The molecule has 1 unspecified atom stereocenters. The summed E-state index contributed by atoms with van der Waals surface area (Å²) < 4.78 is 5.30. The van der Waals surface area contributed by atoms with E-state index in [9.17, 15) is 9.59 Å². The first kappa shape index (κ1) is 22.4. The Balaban J connectivity index is 1.40. The Bertz CT molecular complexity index is 1160. The predicted octanol–water partition coefficient (Wildman–Crippen LogP) is 5.30. The average Bonchev–Trinajstić information content (AvgIpc) is 3.22. The van der Waals surface area contributed by atoms with Crippen molar-refractivity contribution in [2.24, 2.45) is 5.92 Å². The van der Waals surface area contributed by atoms with Crippen LogP contribution in [-0.2, 0) is 16.0 Å². The molecule has 6 heteroatoms. The second-order valence-corrected chi connectivity index (χ2v) is 8.26. The van der Waals surface area contributed by atoms with Crippen molar-refractivity contribution in [3.8, 4) is 5.75 Å². The van der Waals surface area contributed by atoms with Gasteiger partial charge < -0.3 is 20.3 Å². The second kappa shape index (κ2) is 9.77. The van der Waals surface area contributed by atoms with Crippen LogP contribution < -0.4 is 20.3 Å². The Morgan fingerprint density at radius 1 is 1.06 bits per heavy atom. The van der Waals surface area contributed by atoms with E-state index in [-0.39, 0.29) is 18.2 Å². The van der Waals surface area contributed by atoms with E-state index in [2.05, 4.69) is 29.7 Å². The quantitative estimate of drug-likeness (QED) is 0.520. The number of para-hydroxylation sites is 1. The number of rotatable bonds is 7. The third-order valence-corrected chi connectivity index (χ3v) is 6.03. The number of amides is 2. The van der Waals surface area contributed by atoms with Crippen molar-refractivity contribution in [1.82, 2.24) is 0 Å². The summed E-state index contributed by atoms with van der Waals surface area (Å²) in [6.07, 6.45) is 1.14. The Kier molecular flexibility index (Phi) is 6.63. The maximum absolute atomic E-state index is 12.9. The molecule has 0 radical (unpaired) electrons. The van der Waals surface area contributed by atoms with Gasteiger partial charge in [0.25, 0.3) is 0 Å². The van der Waals surface area contributed by atoms with Crippen LogP contribution in [0.1, 0.15) is 24.5 Å². The summed E-state index contributed by atoms with van der Waals surface area (Å²) in [7, 11) is 1.60. The lowest BCUT2D eigenvalue weighted by atomic mass is 10.1. The molecule has 1 aliphatic heterocycles. The lowest BCUT2D eigenvalue weighted by molar-refractivity contribution is -0.122. The highest BCUT2D eigenvalue weighted by Gasteiger charge is 2.35. The minimum atomic E-state index is -0.405. The number of benzene rings is 3. The van der Waals surface area contributed by atoms with Gasteiger partial charge in [-0.1, -0.05) is 31.2 Å². The van der Waals surface area contributed by atoms with Crippen LogP contribution in [0.4, 0.5) is 22.7 Å². The molecule has 1 saturated heterocycles. The predicted molar refractivity (Wildman–Crippen MR) is 132 cm³/mol. The number of carbonyl (C=O) groups is 2. The molecule has 0 spiro atoms. The molecule has 0 aromatic heterocycles. The van der Waals surface area contributed by atoms with Crippen molar-refractivity contribution >= 4 is 34.6 Å². The summed E-state index contributed by atoms with van der Waals surface area (Å²) in [4.78, 5) is 27.2. The fourth-order valence-corrected chi connectivity index (χ4v) is 4.11. The largest absolute Gasteiger partial charge is 0.497 e. The van der Waals surface area contributed by atoms with Crippen LogP contribution in [0, 0.1) is 12.8 Å². The lowest BCUT2D eigenvalue weighted by Gasteiger charge is -2.20. The minimum Gasteiger partial charge on any atom is -0.497 e. The maximum atomic E-state index is 12.9. The van der Waals surface area contributed by atoms with Gasteiger partial charge in [-0.25, -0.2) is 0 Å². The fraction of sp³-hybridized carbons (Fsp3) is 0.259. The maximum Gasteiger partial charge on any atom is 0.229 e. The zero-order valence-corrected chi connectivity index (χ0v) is 19.2. The Morgan fingerprint density at radius 3 is 2.52 bits per heavy atom. The molecule has 1 fully saturated rings. The van der Waals surface area contributed by atoms with Crippen molar-refractivity contribution in [2.45, 2.75) is 26.7 Å². The number of anilines is 4. The molecule has 3 aromatic carbocycles. The van der Waals surface area contributed by atoms with Crippen LogP contribution in [-0.4, -0.2) is 25.5 Å². The second-order valence-electron chi connectivity index (χ2n) is 8.26. The molecule has 4 rings (SSSR count). The SMILES string of the molecule is CCc1ccccc1Nc1ccc(NC(=O)C2CC(=O)N(c3cc(OC)ccc3C)C2)cc1. The van der Waals surface area contributed by atoms with Gasteiger partial charge in [-0.2, -0.15) is 0 Å². The van der Waals surface area contributed by atoms with Gasteiger partial charge in [0.15, 0.2) is 0 Å². The fourth-order valence-electron chi connectivity index (χ4n) is 4.11. The van der Waals surface area contributed by atoms with Gasteiger partial charge in [0.05, 0.1) is 18.7 Å². The van der Waals surface area contributed by atoms with Crippen molar-refractivity contribution in [2.75, 3.05) is 29.2 Å². The van der Waals surface area contributed by atoms with Crippen LogP contribution >= 0.6 is 0 Å². The monoisotopic (exact) mass is 443 g/mol. The highest BCUT2D eigenvalue weighted by Crippen LogP contribution is 2.31. The van der Waals surface area contributed by atoms with E-state index >= 15 is 0 Å². The number of carbonyl (C=O) groups excluding carboxylic acids is 2. The highest BCUT2D eigenvalue weighted by molar-refractivity contribution is 6.04. The molecule has 0 saturated carbocycles. The van der Waals surface area contributed by atoms with Crippen molar-refractivity contribution in [3.05, 3.63) is 77.9 Å². The van der Waals surface area contributed by atoms with E-state index in [1.165, 1.54) is 5.56 Å². The zero-order valence-electron chi connectivity index (χ0n) is 19.2. The normalized spacial score (nSPS) is 15.4. The first-order chi connectivity index (χ1) is 16.0. The first-order valence-corrected chi connectivity index (χ1v) is 11.2. The molecule has 1 aliphatic rings. The van der Waals surface area contributed by atoms with E-state index in [1.54, 1.807) is 12.0 Å². The van der Waals surface area contributed by atoms with E-state index in [0.29, 0.717) is 18.0 Å².